The Morgan fingerprint density at radius 1 is 0.964 bits per heavy atom. The van der Waals surface area contributed by atoms with E-state index in [1.54, 1.807) is 6.20 Å². The molecule has 1 N–H and O–H groups in total. The molecule has 7 heteroatoms. The number of nitrogens with one attached hydrogen (secondary N) is 1. The van der Waals surface area contributed by atoms with E-state index in [1.165, 1.54) is 44.9 Å². The summed E-state index contributed by atoms with van der Waals surface area (Å²) in [5, 5.41) is 4.05. The van der Waals surface area contributed by atoms with Gasteiger partial charge in [-0.25, -0.2) is 15.0 Å². The van der Waals surface area contributed by atoms with Crippen molar-refractivity contribution in [3.8, 4) is 11.4 Å². The van der Waals surface area contributed by atoms with Crippen LogP contribution in [0, 0.1) is 0 Å². The lowest BCUT2D eigenvalue weighted by Crippen LogP contribution is -2.40. The third-order valence-corrected chi connectivity index (χ3v) is 6.81. The quantitative estimate of drug-likeness (QED) is 0.703. The number of aromatic nitrogens is 4. The highest BCUT2D eigenvalue weighted by atomic mass is 35.5. The van der Waals surface area contributed by atoms with Gasteiger partial charge in [0.15, 0.2) is 5.82 Å². The van der Waals surface area contributed by atoms with Gasteiger partial charge in [0, 0.05) is 42.3 Å². The first-order valence-electron chi connectivity index (χ1n) is 10.3. The van der Waals surface area contributed by atoms with E-state index in [0.717, 1.165) is 28.5 Å². The fraction of sp³-hybridized carbons (Fsp3) is 0.476. The number of rotatable bonds is 4. The molecule has 144 valence electrons. The first-order chi connectivity index (χ1) is 13.8. The molecule has 5 heterocycles. The van der Waals surface area contributed by atoms with Crippen LogP contribution in [0.15, 0.2) is 30.9 Å². The Bertz CT molecular complexity index is 1030. The minimum atomic E-state index is 0.502. The summed E-state index contributed by atoms with van der Waals surface area (Å²) in [6.45, 7) is 0. The highest BCUT2D eigenvalue weighted by Crippen LogP contribution is 2.41. The molecule has 0 unspecified atom stereocenters. The van der Waals surface area contributed by atoms with Crippen molar-refractivity contribution < 1.29 is 0 Å². The molecule has 0 radical (unpaired) electrons. The highest BCUT2D eigenvalue weighted by molar-refractivity contribution is 6.35. The third kappa shape index (κ3) is 2.58. The number of anilines is 2. The lowest BCUT2D eigenvalue weighted by Gasteiger charge is -2.36. The molecule has 0 spiro atoms. The minimum absolute atomic E-state index is 0.502. The first-order valence-corrected chi connectivity index (χ1v) is 10.7. The van der Waals surface area contributed by atoms with Gasteiger partial charge >= 0.3 is 0 Å². The van der Waals surface area contributed by atoms with E-state index in [0.29, 0.717) is 23.1 Å². The summed E-state index contributed by atoms with van der Waals surface area (Å²) < 4.78 is 2.12. The summed E-state index contributed by atoms with van der Waals surface area (Å²) in [5.74, 6) is 2.66. The van der Waals surface area contributed by atoms with Crippen LogP contribution in [-0.2, 0) is 0 Å². The monoisotopic (exact) mass is 394 g/mol. The standard InChI is InChI=1S/C21H23ClN6/c22-18-16(8-9-23-19(18)26-13-4-5-13)20-25-12-17-21(24-10-11-27(17)20)28-14-2-1-3-15(28)7-6-14/h8-15H,1-7H2,(H,23,26)/t14-,15-/m0/s1. The number of hydrogen-bond donors (Lipinski definition) is 1. The van der Waals surface area contributed by atoms with E-state index in [1.807, 2.05) is 24.7 Å². The van der Waals surface area contributed by atoms with Crippen molar-refractivity contribution in [1.29, 1.82) is 0 Å². The van der Waals surface area contributed by atoms with Gasteiger partial charge < -0.3 is 10.2 Å². The predicted molar refractivity (Wildman–Crippen MR) is 111 cm³/mol. The second-order valence-corrected chi connectivity index (χ2v) is 8.63. The van der Waals surface area contributed by atoms with Gasteiger partial charge in [-0.3, -0.25) is 4.40 Å². The molecule has 3 aromatic rings. The van der Waals surface area contributed by atoms with E-state index in [2.05, 4.69) is 19.6 Å². The average molecular weight is 395 g/mol. The molecule has 2 bridgehead atoms. The van der Waals surface area contributed by atoms with E-state index < -0.39 is 0 Å². The van der Waals surface area contributed by atoms with Gasteiger partial charge in [-0.05, 0) is 51.0 Å². The molecule has 2 aliphatic heterocycles. The Kier molecular flexibility index (Phi) is 3.76. The van der Waals surface area contributed by atoms with Gasteiger partial charge in [0.25, 0.3) is 0 Å². The van der Waals surface area contributed by atoms with Gasteiger partial charge in [0.2, 0.25) is 0 Å². The van der Waals surface area contributed by atoms with Gasteiger partial charge in [-0.1, -0.05) is 11.6 Å². The van der Waals surface area contributed by atoms with Crippen molar-refractivity contribution in [2.45, 2.75) is 63.1 Å². The molecule has 0 amide bonds. The predicted octanol–water partition coefficient (Wildman–Crippen LogP) is 4.54. The van der Waals surface area contributed by atoms with E-state index in [9.17, 15) is 0 Å². The fourth-order valence-corrected chi connectivity index (χ4v) is 5.16. The van der Waals surface area contributed by atoms with Crippen molar-refractivity contribution in [1.82, 2.24) is 19.4 Å². The van der Waals surface area contributed by atoms with Crippen LogP contribution in [0.4, 0.5) is 11.6 Å². The number of imidazole rings is 1. The highest BCUT2D eigenvalue weighted by Gasteiger charge is 2.38. The second kappa shape index (κ2) is 6.34. The molecule has 2 saturated heterocycles. The average Bonchev–Trinajstić information content (AvgIpc) is 3.37. The van der Waals surface area contributed by atoms with Crippen molar-refractivity contribution >= 4 is 28.8 Å². The Morgan fingerprint density at radius 3 is 2.57 bits per heavy atom. The number of pyridine rings is 1. The number of fused-ring (bicyclic) bond motifs is 3. The molecule has 1 aliphatic carbocycles. The van der Waals surface area contributed by atoms with Crippen molar-refractivity contribution in [3.63, 3.8) is 0 Å². The molecule has 0 aromatic carbocycles. The Balaban J connectivity index is 1.44. The van der Waals surface area contributed by atoms with E-state index >= 15 is 0 Å². The molecule has 2 atom stereocenters. The normalized spacial score (nSPS) is 24.1. The maximum atomic E-state index is 6.71. The van der Waals surface area contributed by atoms with E-state index in [4.69, 9.17) is 21.6 Å². The van der Waals surface area contributed by atoms with Crippen LogP contribution < -0.4 is 10.2 Å². The van der Waals surface area contributed by atoms with Gasteiger partial charge in [-0.15, -0.1) is 0 Å². The number of halogens is 1. The van der Waals surface area contributed by atoms with Gasteiger partial charge in [-0.2, -0.15) is 0 Å². The maximum absolute atomic E-state index is 6.71. The molecule has 28 heavy (non-hydrogen) atoms. The number of nitrogens with zero attached hydrogens (tertiary/aromatic N) is 5. The van der Waals surface area contributed by atoms with Crippen LogP contribution in [0.25, 0.3) is 16.9 Å². The molecule has 3 aliphatic rings. The summed E-state index contributed by atoms with van der Waals surface area (Å²) in [4.78, 5) is 16.5. The molecule has 6 rings (SSSR count). The first kappa shape index (κ1) is 16.6. The summed E-state index contributed by atoms with van der Waals surface area (Å²) in [5.41, 5.74) is 1.96. The Hall–Kier alpha value is -2.34. The smallest absolute Gasteiger partial charge is 0.155 e. The third-order valence-electron chi connectivity index (χ3n) is 6.43. The van der Waals surface area contributed by atoms with Crippen LogP contribution in [0.3, 0.4) is 0 Å². The summed E-state index contributed by atoms with van der Waals surface area (Å²) >= 11 is 6.71. The van der Waals surface area contributed by atoms with Crippen LogP contribution in [-0.4, -0.2) is 37.5 Å². The lowest BCUT2D eigenvalue weighted by molar-refractivity contribution is 0.465. The zero-order valence-electron chi connectivity index (χ0n) is 15.7. The molecule has 3 aromatic heterocycles. The Labute approximate surface area is 169 Å². The van der Waals surface area contributed by atoms with Crippen LogP contribution >= 0.6 is 11.6 Å². The van der Waals surface area contributed by atoms with Crippen molar-refractivity contribution in [3.05, 3.63) is 35.9 Å². The summed E-state index contributed by atoms with van der Waals surface area (Å²) in [7, 11) is 0. The zero-order chi connectivity index (χ0) is 18.7. The van der Waals surface area contributed by atoms with Crippen LogP contribution in [0.2, 0.25) is 5.02 Å². The van der Waals surface area contributed by atoms with Gasteiger partial charge in [0.1, 0.15) is 17.2 Å². The fourth-order valence-electron chi connectivity index (χ4n) is 4.91. The number of hydrogen-bond acceptors (Lipinski definition) is 5. The molecule has 3 fully saturated rings. The van der Waals surface area contributed by atoms with Crippen molar-refractivity contribution in [2.24, 2.45) is 0 Å². The molecular formula is C21H23ClN6. The van der Waals surface area contributed by atoms with E-state index in [-0.39, 0.29) is 0 Å². The summed E-state index contributed by atoms with van der Waals surface area (Å²) in [6.07, 6.45) is 16.4. The number of piperidine rings is 1. The molecule has 6 nitrogen and oxygen atoms in total. The molecule has 1 saturated carbocycles. The minimum Gasteiger partial charge on any atom is -0.366 e. The molecular weight excluding hydrogens is 372 g/mol. The second-order valence-electron chi connectivity index (χ2n) is 8.25. The van der Waals surface area contributed by atoms with Crippen LogP contribution in [0.1, 0.15) is 44.9 Å². The maximum Gasteiger partial charge on any atom is 0.155 e. The lowest BCUT2D eigenvalue weighted by atomic mass is 10.0. The van der Waals surface area contributed by atoms with Crippen LogP contribution in [0.5, 0.6) is 0 Å². The topological polar surface area (TPSA) is 58.4 Å². The zero-order valence-corrected chi connectivity index (χ0v) is 16.4. The largest absolute Gasteiger partial charge is 0.366 e. The Morgan fingerprint density at radius 2 is 1.79 bits per heavy atom. The van der Waals surface area contributed by atoms with Gasteiger partial charge in [0.05, 0.1) is 11.2 Å². The SMILES string of the molecule is Clc1c(-c2ncc3c(N4[C@H]5CCC[C@H]4CC5)nccn23)ccnc1NC1CC1. The summed E-state index contributed by atoms with van der Waals surface area (Å²) in [6, 6.07) is 3.69. The van der Waals surface area contributed by atoms with Crippen molar-refractivity contribution in [2.75, 3.05) is 10.2 Å².